The molecule has 0 saturated carbocycles. The van der Waals surface area contributed by atoms with Gasteiger partial charge in [0.05, 0.1) is 31.6 Å². The normalized spacial score (nSPS) is 16.6. The maximum absolute atomic E-state index is 14.5. The number of rotatable bonds is 4. The zero-order valence-corrected chi connectivity index (χ0v) is 15.0. The first kappa shape index (κ1) is 17.0. The first-order valence-electron chi connectivity index (χ1n) is 8.95. The van der Waals surface area contributed by atoms with E-state index in [4.69, 9.17) is 9.47 Å². The van der Waals surface area contributed by atoms with Gasteiger partial charge in [0.25, 0.3) is 0 Å². The van der Waals surface area contributed by atoms with Gasteiger partial charge in [0, 0.05) is 42.0 Å². The maximum atomic E-state index is 14.5. The number of ether oxygens (including phenoxy) is 2. The summed E-state index contributed by atoms with van der Waals surface area (Å²) in [5, 5.41) is 0. The molecule has 1 aromatic carbocycles. The number of anilines is 1. The van der Waals surface area contributed by atoms with E-state index in [0.717, 1.165) is 35.7 Å². The van der Waals surface area contributed by atoms with Crippen LogP contribution in [0.2, 0.25) is 0 Å². The Morgan fingerprint density at radius 1 is 1.19 bits per heavy atom. The van der Waals surface area contributed by atoms with Crippen molar-refractivity contribution < 1.29 is 13.9 Å². The molecule has 2 aromatic rings. The predicted molar refractivity (Wildman–Crippen MR) is 98.8 cm³/mol. The van der Waals surface area contributed by atoms with Crippen molar-refractivity contribution in [3.63, 3.8) is 0 Å². The molecule has 2 aliphatic rings. The van der Waals surface area contributed by atoms with Crippen LogP contribution in [-0.4, -0.2) is 43.1 Å². The molecule has 0 atom stereocenters. The van der Waals surface area contributed by atoms with Crippen LogP contribution in [0.15, 0.2) is 35.5 Å². The lowest BCUT2D eigenvalue weighted by molar-refractivity contribution is 0.122. The van der Waals surface area contributed by atoms with Crippen LogP contribution in [0.1, 0.15) is 30.5 Å². The molecular weight excluding hydrogens is 333 g/mol. The monoisotopic (exact) mass is 355 g/mol. The van der Waals surface area contributed by atoms with Crippen molar-refractivity contribution in [1.82, 2.24) is 4.98 Å². The van der Waals surface area contributed by atoms with Crippen molar-refractivity contribution in [3.8, 4) is 5.75 Å². The fraction of sp³-hybridized carbons (Fsp3) is 0.400. The fourth-order valence-electron chi connectivity index (χ4n) is 3.35. The number of nitrogens with zero attached hydrogens (tertiary/aromatic N) is 3. The molecule has 0 aliphatic carbocycles. The highest BCUT2D eigenvalue weighted by atomic mass is 19.1. The molecule has 0 N–H and O–H groups in total. The summed E-state index contributed by atoms with van der Waals surface area (Å²) in [7, 11) is 0. The van der Waals surface area contributed by atoms with Crippen LogP contribution in [0.5, 0.6) is 5.75 Å². The number of aromatic nitrogens is 1. The number of pyridine rings is 1. The van der Waals surface area contributed by atoms with Crippen LogP contribution < -0.4 is 9.64 Å². The molecule has 1 saturated heterocycles. The average molecular weight is 355 g/mol. The van der Waals surface area contributed by atoms with E-state index >= 15 is 0 Å². The van der Waals surface area contributed by atoms with E-state index in [0.29, 0.717) is 31.1 Å². The summed E-state index contributed by atoms with van der Waals surface area (Å²) < 4.78 is 25.6. The van der Waals surface area contributed by atoms with Gasteiger partial charge in [-0.2, -0.15) is 0 Å². The highest BCUT2D eigenvalue weighted by Gasteiger charge is 2.23. The second kappa shape index (κ2) is 7.03. The van der Waals surface area contributed by atoms with Crippen LogP contribution >= 0.6 is 0 Å². The van der Waals surface area contributed by atoms with E-state index in [1.165, 1.54) is 6.07 Å². The van der Waals surface area contributed by atoms with Crippen molar-refractivity contribution in [2.24, 2.45) is 4.99 Å². The van der Waals surface area contributed by atoms with E-state index < -0.39 is 0 Å². The zero-order chi connectivity index (χ0) is 18.1. The molecule has 4 rings (SSSR count). The Morgan fingerprint density at radius 3 is 2.77 bits per heavy atom. The van der Waals surface area contributed by atoms with Crippen molar-refractivity contribution in [3.05, 3.63) is 53.0 Å². The van der Waals surface area contributed by atoms with Gasteiger partial charge in [-0.25, -0.2) is 9.37 Å². The third kappa shape index (κ3) is 3.29. The minimum Gasteiger partial charge on any atom is -0.491 e. The SMILES string of the molecule is CC(C)Oc1cc(F)c2c(c1)C(c1ccnc(N3CCOCC3)c1)=NC2. The van der Waals surface area contributed by atoms with Crippen molar-refractivity contribution in [1.29, 1.82) is 0 Å². The number of benzene rings is 1. The molecule has 2 aliphatic heterocycles. The Kier molecular flexibility index (Phi) is 4.59. The average Bonchev–Trinajstić information content (AvgIpc) is 3.06. The van der Waals surface area contributed by atoms with Crippen LogP contribution in [0.25, 0.3) is 0 Å². The smallest absolute Gasteiger partial charge is 0.132 e. The van der Waals surface area contributed by atoms with Gasteiger partial charge >= 0.3 is 0 Å². The van der Waals surface area contributed by atoms with Crippen LogP contribution in [-0.2, 0) is 11.3 Å². The number of fused-ring (bicyclic) bond motifs is 1. The number of hydrogen-bond acceptors (Lipinski definition) is 5. The van der Waals surface area contributed by atoms with E-state index in [1.807, 2.05) is 32.0 Å². The number of hydrogen-bond donors (Lipinski definition) is 0. The molecule has 6 heteroatoms. The van der Waals surface area contributed by atoms with Gasteiger partial charge in [0.1, 0.15) is 17.4 Å². The summed E-state index contributed by atoms with van der Waals surface area (Å²) in [5.74, 6) is 1.17. The van der Waals surface area contributed by atoms with Gasteiger partial charge in [0.2, 0.25) is 0 Å². The third-order valence-electron chi connectivity index (χ3n) is 4.55. The highest BCUT2D eigenvalue weighted by Crippen LogP contribution is 2.30. The lowest BCUT2D eigenvalue weighted by atomic mass is 10.00. The van der Waals surface area contributed by atoms with E-state index in [9.17, 15) is 4.39 Å². The summed E-state index contributed by atoms with van der Waals surface area (Å²) in [4.78, 5) is 11.3. The summed E-state index contributed by atoms with van der Waals surface area (Å²) in [6.45, 7) is 7.26. The lowest BCUT2D eigenvalue weighted by Crippen LogP contribution is -2.36. The van der Waals surface area contributed by atoms with Crippen molar-refractivity contribution in [2.75, 3.05) is 31.2 Å². The maximum Gasteiger partial charge on any atom is 0.132 e. The summed E-state index contributed by atoms with van der Waals surface area (Å²) in [6.07, 6.45) is 1.77. The number of halogens is 1. The molecule has 0 amide bonds. The van der Waals surface area contributed by atoms with Crippen molar-refractivity contribution >= 4 is 11.5 Å². The Balaban J connectivity index is 1.67. The van der Waals surface area contributed by atoms with Gasteiger partial charge in [-0.15, -0.1) is 0 Å². The van der Waals surface area contributed by atoms with Crippen molar-refractivity contribution in [2.45, 2.75) is 26.5 Å². The molecule has 1 aromatic heterocycles. The standard InChI is InChI=1S/C20H22FN3O2/c1-13(2)26-15-10-16-17(18(21)11-15)12-23-20(16)14-3-4-22-19(9-14)24-5-7-25-8-6-24/h3-4,9-11,13H,5-8,12H2,1-2H3. The molecule has 136 valence electrons. The van der Waals surface area contributed by atoms with Gasteiger partial charge in [-0.05, 0) is 32.0 Å². The van der Waals surface area contributed by atoms with E-state index in [-0.39, 0.29) is 11.9 Å². The van der Waals surface area contributed by atoms with Crippen LogP contribution in [0, 0.1) is 5.82 Å². The Morgan fingerprint density at radius 2 is 2.00 bits per heavy atom. The number of aliphatic imine (C=N–C) groups is 1. The molecular formula is C20H22FN3O2. The second-order valence-corrected chi connectivity index (χ2v) is 6.76. The Labute approximate surface area is 152 Å². The zero-order valence-electron chi connectivity index (χ0n) is 15.0. The lowest BCUT2D eigenvalue weighted by Gasteiger charge is -2.28. The molecule has 1 fully saturated rings. The Hall–Kier alpha value is -2.47. The summed E-state index contributed by atoms with van der Waals surface area (Å²) >= 11 is 0. The van der Waals surface area contributed by atoms with E-state index in [2.05, 4.69) is 14.9 Å². The van der Waals surface area contributed by atoms with Gasteiger partial charge < -0.3 is 14.4 Å². The molecule has 3 heterocycles. The second-order valence-electron chi connectivity index (χ2n) is 6.76. The summed E-state index contributed by atoms with van der Waals surface area (Å²) in [6, 6.07) is 7.28. The molecule has 0 radical (unpaired) electrons. The highest BCUT2D eigenvalue weighted by molar-refractivity contribution is 6.15. The molecule has 26 heavy (non-hydrogen) atoms. The largest absolute Gasteiger partial charge is 0.491 e. The molecule has 5 nitrogen and oxygen atoms in total. The first-order valence-corrected chi connectivity index (χ1v) is 8.95. The predicted octanol–water partition coefficient (Wildman–Crippen LogP) is 3.20. The minimum atomic E-state index is -0.264. The topological polar surface area (TPSA) is 47.0 Å². The summed E-state index contributed by atoms with van der Waals surface area (Å²) in [5.41, 5.74) is 3.17. The molecule has 0 bridgehead atoms. The first-order chi connectivity index (χ1) is 12.6. The van der Waals surface area contributed by atoms with Gasteiger partial charge in [0.15, 0.2) is 0 Å². The van der Waals surface area contributed by atoms with Crippen LogP contribution in [0.4, 0.5) is 10.2 Å². The van der Waals surface area contributed by atoms with Crippen LogP contribution in [0.3, 0.4) is 0 Å². The quantitative estimate of drug-likeness (QED) is 0.845. The Bertz CT molecular complexity index is 845. The molecule has 0 spiro atoms. The fourth-order valence-corrected chi connectivity index (χ4v) is 3.35. The van der Waals surface area contributed by atoms with Gasteiger partial charge in [-0.1, -0.05) is 0 Å². The minimum absolute atomic E-state index is 0.0110. The van der Waals surface area contributed by atoms with Gasteiger partial charge in [-0.3, -0.25) is 4.99 Å². The molecule has 0 unspecified atom stereocenters. The van der Waals surface area contributed by atoms with E-state index in [1.54, 1.807) is 6.20 Å². The third-order valence-corrected chi connectivity index (χ3v) is 4.55. The number of morpholine rings is 1.